The van der Waals surface area contributed by atoms with Crippen molar-refractivity contribution in [1.82, 2.24) is 25.1 Å². The lowest BCUT2D eigenvalue weighted by molar-refractivity contribution is -0.0267. The summed E-state index contributed by atoms with van der Waals surface area (Å²) in [5.41, 5.74) is 4.40. The average molecular weight is 463 g/mol. The van der Waals surface area contributed by atoms with Crippen molar-refractivity contribution in [2.75, 3.05) is 37.4 Å². The van der Waals surface area contributed by atoms with Gasteiger partial charge in [0.2, 0.25) is 0 Å². The van der Waals surface area contributed by atoms with Crippen LogP contribution in [0.2, 0.25) is 0 Å². The maximum atomic E-state index is 13.1. The number of fused-ring (bicyclic) bond motifs is 1. The highest BCUT2D eigenvalue weighted by atomic mass is 19.3. The highest BCUT2D eigenvalue weighted by molar-refractivity contribution is 6.11. The maximum Gasteiger partial charge on any atom is 0.282 e. The maximum absolute atomic E-state index is 13.1. The van der Waals surface area contributed by atoms with E-state index in [9.17, 15) is 13.6 Å². The molecule has 0 bridgehead atoms. The summed E-state index contributed by atoms with van der Waals surface area (Å²) in [6.07, 6.45) is 5.08. The van der Waals surface area contributed by atoms with Crippen molar-refractivity contribution in [3.8, 4) is 11.1 Å². The van der Waals surface area contributed by atoms with Crippen LogP contribution in [0.25, 0.3) is 22.0 Å². The minimum Gasteiger partial charge on any atom is -0.344 e. The Kier molecular flexibility index (Phi) is 5.45. The zero-order valence-corrected chi connectivity index (χ0v) is 18.7. The Morgan fingerprint density at radius 2 is 1.94 bits per heavy atom. The van der Waals surface area contributed by atoms with Gasteiger partial charge in [-0.15, -0.1) is 0 Å². The van der Waals surface area contributed by atoms with Gasteiger partial charge in [0.1, 0.15) is 5.82 Å². The van der Waals surface area contributed by atoms with Crippen LogP contribution in [0, 0.1) is 0 Å². The monoisotopic (exact) mass is 463 g/mol. The number of H-pyrrole nitrogens is 1. The molecular formula is C24H23F2N7O. The van der Waals surface area contributed by atoms with Gasteiger partial charge >= 0.3 is 0 Å². The van der Waals surface area contributed by atoms with Crippen LogP contribution >= 0.6 is 0 Å². The third-order valence-electron chi connectivity index (χ3n) is 5.58. The number of halogens is 2. The molecule has 5 rings (SSSR count). The number of nitrogens with one attached hydrogen (secondary N) is 2. The Hall–Kier alpha value is -3.92. The fourth-order valence-corrected chi connectivity index (χ4v) is 3.98. The second-order valence-corrected chi connectivity index (χ2v) is 8.72. The van der Waals surface area contributed by atoms with Gasteiger partial charge in [0, 0.05) is 29.9 Å². The van der Waals surface area contributed by atoms with Gasteiger partial charge in [-0.1, -0.05) is 6.07 Å². The standard InChI is InChI=1S/C24H23F2N7O/c1-32(2)12-15-7-17(10-27-9-15)16-3-5-20-19(8-16)22(31-30-20)23(34)29-18-4-6-21(28-11-18)33-13-24(25,26)14-33/h3-11H,12-14H2,1-2H3,(H,29,34)(H,30,31). The van der Waals surface area contributed by atoms with E-state index in [4.69, 9.17) is 0 Å². The van der Waals surface area contributed by atoms with Crippen LogP contribution < -0.4 is 10.2 Å². The fraction of sp³-hybridized carbons (Fsp3) is 0.250. The molecule has 2 N–H and O–H groups in total. The predicted octanol–water partition coefficient (Wildman–Crippen LogP) is 3.79. The number of amides is 1. The van der Waals surface area contributed by atoms with E-state index in [1.807, 2.05) is 38.5 Å². The number of aromatic amines is 1. The number of benzene rings is 1. The minimum atomic E-state index is -2.67. The van der Waals surface area contributed by atoms with E-state index in [1.165, 1.54) is 11.1 Å². The quantitative estimate of drug-likeness (QED) is 0.452. The highest BCUT2D eigenvalue weighted by Crippen LogP contribution is 2.31. The number of aromatic nitrogens is 4. The van der Waals surface area contributed by atoms with Crippen molar-refractivity contribution < 1.29 is 13.6 Å². The number of hydrogen-bond acceptors (Lipinski definition) is 6. The first-order valence-corrected chi connectivity index (χ1v) is 10.7. The van der Waals surface area contributed by atoms with E-state index in [0.29, 0.717) is 16.9 Å². The highest BCUT2D eigenvalue weighted by Gasteiger charge is 2.44. The summed E-state index contributed by atoms with van der Waals surface area (Å²) < 4.78 is 26.1. The van der Waals surface area contributed by atoms with Crippen molar-refractivity contribution in [2.45, 2.75) is 12.5 Å². The van der Waals surface area contributed by atoms with Crippen LogP contribution in [0.1, 0.15) is 16.1 Å². The van der Waals surface area contributed by atoms with Crippen LogP contribution in [-0.4, -0.2) is 64.1 Å². The Labute approximate surface area is 194 Å². The molecule has 1 fully saturated rings. The van der Waals surface area contributed by atoms with Crippen LogP contribution in [0.3, 0.4) is 0 Å². The number of pyridine rings is 2. The largest absolute Gasteiger partial charge is 0.344 e. The van der Waals surface area contributed by atoms with E-state index in [2.05, 4.69) is 36.4 Å². The summed E-state index contributed by atoms with van der Waals surface area (Å²) >= 11 is 0. The van der Waals surface area contributed by atoms with Gasteiger partial charge in [0.25, 0.3) is 11.8 Å². The van der Waals surface area contributed by atoms with Gasteiger partial charge in [-0.3, -0.25) is 14.9 Å². The summed E-state index contributed by atoms with van der Waals surface area (Å²) in [7, 11) is 4.00. The third kappa shape index (κ3) is 4.44. The van der Waals surface area contributed by atoms with Crippen molar-refractivity contribution in [3.05, 3.63) is 66.2 Å². The van der Waals surface area contributed by atoms with Gasteiger partial charge in [0.15, 0.2) is 5.69 Å². The fourth-order valence-electron chi connectivity index (χ4n) is 3.98. The summed E-state index contributed by atoms with van der Waals surface area (Å²) in [5, 5.41) is 10.5. The molecular weight excluding hydrogens is 440 g/mol. The van der Waals surface area contributed by atoms with E-state index in [-0.39, 0.29) is 18.8 Å². The second kappa shape index (κ2) is 8.45. The SMILES string of the molecule is CN(C)Cc1cncc(-c2ccc3[nH]nc(C(=O)Nc4ccc(N5CC(F)(F)C5)nc4)c3c2)c1. The first-order valence-electron chi connectivity index (χ1n) is 10.7. The number of anilines is 2. The van der Waals surface area contributed by atoms with Gasteiger partial charge in [-0.2, -0.15) is 5.10 Å². The number of nitrogens with zero attached hydrogens (tertiary/aromatic N) is 5. The molecule has 10 heteroatoms. The van der Waals surface area contributed by atoms with E-state index < -0.39 is 11.8 Å². The van der Waals surface area contributed by atoms with Crippen molar-refractivity contribution in [3.63, 3.8) is 0 Å². The molecule has 4 heterocycles. The zero-order valence-electron chi connectivity index (χ0n) is 18.7. The lowest BCUT2D eigenvalue weighted by atomic mass is 10.0. The van der Waals surface area contributed by atoms with Gasteiger partial charge < -0.3 is 15.1 Å². The van der Waals surface area contributed by atoms with Crippen LogP contribution in [0.5, 0.6) is 0 Å². The lowest BCUT2D eigenvalue weighted by Crippen LogP contribution is -2.56. The molecule has 0 radical (unpaired) electrons. The Morgan fingerprint density at radius 3 is 2.65 bits per heavy atom. The molecule has 0 aliphatic carbocycles. The third-order valence-corrected chi connectivity index (χ3v) is 5.58. The topological polar surface area (TPSA) is 90.0 Å². The van der Waals surface area contributed by atoms with E-state index in [0.717, 1.165) is 28.8 Å². The number of hydrogen-bond donors (Lipinski definition) is 2. The Morgan fingerprint density at radius 1 is 1.12 bits per heavy atom. The number of carbonyl (C=O) groups is 1. The van der Waals surface area contributed by atoms with Gasteiger partial charge in [0.05, 0.1) is 30.5 Å². The molecule has 1 amide bonds. The molecule has 1 aliphatic heterocycles. The zero-order chi connectivity index (χ0) is 23.9. The van der Waals surface area contributed by atoms with Crippen LogP contribution in [-0.2, 0) is 6.54 Å². The van der Waals surface area contributed by atoms with Crippen molar-refractivity contribution in [1.29, 1.82) is 0 Å². The molecule has 0 spiro atoms. The second-order valence-electron chi connectivity index (χ2n) is 8.72. The molecule has 4 aromatic rings. The Bertz CT molecular complexity index is 1340. The minimum absolute atomic E-state index is 0.251. The van der Waals surface area contributed by atoms with E-state index in [1.54, 1.807) is 18.3 Å². The smallest absolute Gasteiger partial charge is 0.282 e. The molecule has 0 atom stereocenters. The first-order chi connectivity index (χ1) is 16.3. The number of carbonyl (C=O) groups excluding carboxylic acids is 1. The number of rotatable bonds is 6. The van der Waals surface area contributed by atoms with Gasteiger partial charge in [-0.25, -0.2) is 13.8 Å². The molecule has 3 aromatic heterocycles. The van der Waals surface area contributed by atoms with Gasteiger partial charge in [-0.05, 0) is 55.6 Å². The predicted molar refractivity (Wildman–Crippen MR) is 126 cm³/mol. The van der Waals surface area contributed by atoms with Crippen molar-refractivity contribution >= 4 is 28.3 Å². The Balaban J connectivity index is 1.35. The molecule has 1 aromatic carbocycles. The summed E-state index contributed by atoms with van der Waals surface area (Å²) in [4.78, 5) is 25.0. The summed E-state index contributed by atoms with van der Waals surface area (Å²) in [6.45, 7) is 0.0806. The van der Waals surface area contributed by atoms with Crippen molar-refractivity contribution in [2.24, 2.45) is 0 Å². The first kappa shape index (κ1) is 21.9. The molecule has 174 valence electrons. The molecule has 1 aliphatic rings. The number of alkyl halides is 2. The van der Waals surface area contributed by atoms with E-state index >= 15 is 0 Å². The van der Waals surface area contributed by atoms with Crippen LogP contribution in [0.15, 0.2) is 55.0 Å². The lowest BCUT2D eigenvalue weighted by Gasteiger charge is -2.39. The normalized spacial score (nSPS) is 14.9. The molecule has 8 nitrogen and oxygen atoms in total. The summed E-state index contributed by atoms with van der Waals surface area (Å²) in [5.74, 6) is -2.62. The molecule has 0 saturated carbocycles. The van der Waals surface area contributed by atoms with Crippen LogP contribution in [0.4, 0.5) is 20.3 Å². The average Bonchev–Trinajstić information content (AvgIpc) is 3.21. The molecule has 34 heavy (non-hydrogen) atoms. The molecule has 0 unspecified atom stereocenters. The molecule has 1 saturated heterocycles. The summed E-state index contributed by atoms with van der Waals surface area (Å²) in [6, 6.07) is 11.1.